The zero-order valence-electron chi connectivity index (χ0n) is 10.4. The summed E-state index contributed by atoms with van der Waals surface area (Å²) in [5.41, 5.74) is 9.57. The van der Waals surface area contributed by atoms with Crippen molar-refractivity contribution in [3.63, 3.8) is 0 Å². The summed E-state index contributed by atoms with van der Waals surface area (Å²) in [5, 5.41) is 12.3. The zero-order chi connectivity index (χ0) is 13.2. The van der Waals surface area contributed by atoms with Crippen LogP contribution in [0.1, 0.15) is 16.7 Å². The monoisotopic (exact) mass is 250 g/mol. The van der Waals surface area contributed by atoms with E-state index in [9.17, 15) is 0 Å². The molecule has 0 saturated carbocycles. The zero-order valence-corrected chi connectivity index (χ0v) is 10.4. The largest absolute Gasteiger partial charge is 0.395 e. The van der Waals surface area contributed by atoms with Crippen molar-refractivity contribution in [1.29, 1.82) is 5.26 Å². The molecule has 0 bridgehead atoms. The lowest BCUT2D eigenvalue weighted by Gasteiger charge is -2.14. The van der Waals surface area contributed by atoms with Gasteiger partial charge in [-0.1, -0.05) is 24.3 Å². The number of nitrogens with one attached hydrogen (secondary N) is 1. The van der Waals surface area contributed by atoms with E-state index in [4.69, 9.17) is 11.0 Å². The molecule has 0 fully saturated rings. The number of nitrogen functional groups attached to an aromatic ring is 1. The highest BCUT2D eigenvalue weighted by atomic mass is 15.0. The van der Waals surface area contributed by atoms with Crippen LogP contribution >= 0.6 is 0 Å². The summed E-state index contributed by atoms with van der Waals surface area (Å²) in [6.07, 6.45) is 3.54. The summed E-state index contributed by atoms with van der Waals surface area (Å²) in [6.45, 7) is 0. The number of pyridine rings is 1. The van der Waals surface area contributed by atoms with Crippen molar-refractivity contribution in [2.24, 2.45) is 0 Å². The van der Waals surface area contributed by atoms with Crippen LogP contribution < -0.4 is 11.1 Å². The van der Waals surface area contributed by atoms with Gasteiger partial charge in [-0.2, -0.15) is 5.26 Å². The Balaban J connectivity index is 1.80. The molecule has 1 aromatic carbocycles. The minimum Gasteiger partial charge on any atom is -0.395 e. The molecule has 0 unspecified atom stereocenters. The second-order valence-corrected chi connectivity index (χ2v) is 4.75. The van der Waals surface area contributed by atoms with E-state index in [-0.39, 0.29) is 0 Å². The van der Waals surface area contributed by atoms with Crippen molar-refractivity contribution in [3.8, 4) is 6.07 Å². The fourth-order valence-electron chi connectivity index (χ4n) is 2.54. The normalized spacial score (nSPS) is 13.8. The van der Waals surface area contributed by atoms with Crippen LogP contribution in [0.3, 0.4) is 0 Å². The van der Waals surface area contributed by atoms with Gasteiger partial charge in [0.2, 0.25) is 0 Å². The van der Waals surface area contributed by atoms with Crippen molar-refractivity contribution in [2.75, 3.05) is 11.1 Å². The number of benzene rings is 1. The standard InChI is InChI=1S/C15H14N4/c16-9-12-5-6-18-15(14(12)17)19-13-7-10-3-1-2-4-11(10)8-13/h1-6,13H,7-8,17H2,(H,18,19). The molecular formula is C15H14N4. The highest BCUT2D eigenvalue weighted by Gasteiger charge is 2.21. The first-order chi connectivity index (χ1) is 9.28. The molecule has 1 aliphatic rings. The van der Waals surface area contributed by atoms with Crippen molar-refractivity contribution >= 4 is 11.5 Å². The summed E-state index contributed by atoms with van der Waals surface area (Å²) in [6, 6.07) is 12.4. The van der Waals surface area contributed by atoms with Gasteiger partial charge in [-0.25, -0.2) is 4.98 Å². The van der Waals surface area contributed by atoms with Gasteiger partial charge in [-0.3, -0.25) is 0 Å². The minimum absolute atomic E-state index is 0.293. The summed E-state index contributed by atoms with van der Waals surface area (Å²) in [5.74, 6) is 0.608. The maximum absolute atomic E-state index is 8.96. The first-order valence-corrected chi connectivity index (χ1v) is 6.26. The Hall–Kier alpha value is -2.54. The van der Waals surface area contributed by atoms with Gasteiger partial charge in [0.25, 0.3) is 0 Å². The van der Waals surface area contributed by atoms with Crippen LogP contribution in [0.5, 0.6) is 0 Å². The predicted molar refractivity (Wildman–Crippen MR) is 74.6 cm³/mol. The molecule has 4 heteroatoms. The number of nitrogens with two attached hydrogens (primary N) is 1. The lowest BCUT2D eigenvalue weighted by molar-refractivity contribution is 0.769. The fourth-order valence-corrected chi connectivity index (χ4v) is 2.54. The molecule has 19 heavy (non-hydrogen) atoms. The molecule has 0 spiro atoms. The van der Waals surface area contributed by atoms with Gasteiger partial charge in [-0.15, -0.1) is 0 Å². The van der Waals surface area contributed by atoms with Gasteiger partial charge in [-0.05, 0) is 30.0 Å². The predicted octanol–water partition coefficient (Wildman–Crippen LogP) is 2.11. The van der Waals surface area contributed by atoms with E-state index in [1.807, 2.05) is 0 Å². The topological polar surface area (TPSA) is 74.7 Å². The first kappa shape index (κ1) is 11.5. The number of hydrogen-bond donors (Lipinski definition) is 2. The molecule has 1 aliphatic carbocycles. The Labute approximate surface area is 111 Å². The average Bonchev–Trinajstić information content (AvgIpc) is 2.83. The molecule has 1 heterocycles. The fraction of sp³-hybridized carbons (Fsp3) is 0.200. The second kappa shape index (κ2) is 4.62. The van der Waals surface area contributed by atoms with Gasteiger partial charge in [0.15, 0.2) is 5.82 Å². The van der Waals surface area contributed by atoms with Crippen LogP contribution in [-0.2, 0) is 12.8 Å². The van der Waals surface area contributed by atoms with E-state index < -0.39 is 0 Å². The second-order valence-electron chi connectivity index (χ2n) is 4.75. The van der Waals surface area contributed by atoms with E-state index in [0.717, 1.165) is 12.8 Å². The molecule has 0 saturated heterocycles. The Kier molecular flexibility index (Phi) is 2.81. The van der Waals surface area contributed by atoms with Crippen LogP contribution in [0.25, 0.3) is 0 Å². The minimum atomic E-state index is 0.293. The smallest absolute Gasteiger partial charge is 0.150 e. The van der Waals surface area contributed by atoms with Crippen LogP contribution in [0, 0.1) is 11.3 Å². The van der Waals surface area contributed by atoms with Gasteiger partial charge in [0, 0.05) is 12.2 Å². The number of rotatable bonds is 2. The Morgan fingerprint density at radius 2 is 1.89 bits per heavy atom. The number of nitrogens with zero attached hydrogens (tertiary/aromatic N) is 2. The summed E-state index contributed by atoms with van der Waals surface area (Å²) >= 11 is 0. The quantitative estimate of drug-likeness (QED) is 0.856. The Morgan fingerprint density at radius 1 is 1.21 bits per heavy atom. The molecule has 0 amide bonds. The lowest BCUT2D eigenvalue weighted by atomic mass is 10.1. The number of aromatic nitrogens is 1. The van der Waals surface area contributed by atoms with Crippen LogP contribution in [0.4, 0.5) is 11.5 Å². The van der Waals surface area contributed by atoms with Gasteiger partial charge >= 0.3 is 0 Å². The maximum Gasteiger partial charge on any atom is 0.150 e. The van der Waals surface area contributed by atoms with Crippen molar-refractivity contribution in [3.05, 3.63) is 53.2 Å². The number of nitriles is 1. The van der Waals surface area contributed by atoms with Crippen molar-refractivity contribution < 1.29 is 0 Å². The molecule has 0 radical (unpaired) electrons. The van der Waals surface area contributed by atoms with Crippen LogP contribution in [-0.4, -0.2) is 11.0 Å². The van der Waals surface area contributed by atoms with E-state index in [1.165, 1.54) is 11.1 Å². The molecule has 3 rings (SSSR count). The van der Waals surface area contributed by atoms with E-state index in [1.54, 1.807) is 12.3 Å². The molecule has 4 nitrogen and oxygen atoms in total. The number of fused-ring (bicyclic) bond motifs is 1. The summed E-state index contributed by atoms with van der Waals surface area (Å²) < 4.78 is 0. The molecule has 0 atom stereocenters. The van der Waals surface area contributed by atoms with Gasteiger partial charge in [0.05, 0.1) is 11.3 Å². The third-order valence-electron chi connectivity index (χ3n) is 3.50. The molecule has 94 valence electrons. The first-order valence-electron chi connectivity index (χ1n) is 6.26. The van der Waals surface area contributed by atoms with Crippen molar-refractivity contribution in [1.82, 2.24) is 4.98 Å². The van der Waals surface area contributed by atoms with Gasteiger partial charge < -0.3 is 11.1 Å². The third-order valence-corrected chi connectivity index (χ3v) is 3.50. The average molecular weight is 250 g/mol. The van der Waals surface area contributed by atoms with Gasteiger partial charge in [0.1, 0.15) is 6.07 Å². The van der Waals surface area contributed by atoms with Crippen LogP contribution in [0.2, 0.25) is 0 Å². The third kappa shape index (κ3) is 2.11. The van der Waals surface area contributed by atoms with E-state index >= 15 is 0 Å². The molecule has 3 N–H and O–H groups in total. The molecule has 2 aromatic rings. The van der Waals surface area contributed by atoms with Crippen molar-refractivity contribution in [2.45, 2.75) is 18.9 Å². The lowest BCUT2D eigenvalue weighted by Crippen LogP contribution is -2.21. The number of anilines is 2. The van der Waals surface area contributed by atoms with E-state index in [0.29, 0.717) is 23.1 Å². The summed E-state index contributed by atoms with van der Waals surface area (Å²) in [7, 11) is 0. The Bertz CT molecular complexity index is 632. The highest BCUT2D eigenvalue weighted by Crippen LogP contribution is 2.26. The molecule has 0 aliphatic heterocycles. The molecular weight excluding hydrogens is 236 g/mol. The molecule has 1 aromatic heterocycles. The maximum atomic E-state index is 8.96. The summed E-state index contributed by atoms with van der Waals surface area (Å²) in [4.78, 5) is 4.23. The number of hydrogen-bond acceptors (Lipinski definition) is 4. The SMILES string of the molecule is N#Cc1ccnc(NC2Cc3ccccc3C2)c1N. The van der Waals surface area contributed by atoms with Crippen LogP contribution in [0.15, 0.2) is 36.5 Å². The Morgan fingerprint density at radius 3 is 2.53 bits per heavy atom. The van der Waals surface area contributed by atoms with E-state index in [2.05, 4.69) is 40.6 Å². The highest BCUT2D eigenvalue weighted by molar-refractivity contribution is 5.69.